The van der Waals surface area contributed by atoms with Gasteiger partial charge in [-0.15, -0.1) is 0 Å². The first-order valence-corrected chi connectivity index (χ1v) is 7.60. The Morgan fingerprint density at radius 2 is 1.83 bits per heavy atom. The van der Waals surface area contributed by atoms with E-state index >= 15 is 0 Å². The summed E-state index contributed by atoms with van der Waals surface area (Å²) >= 11 is 0. The Balaban J connectivity index is 2.24. The summed E-state index contributed by atoms with van der Waals surface area (Å²) in [6, 6.07) is 1.46. The van der Waals surface area contributed by atoms with Crippen LogP contribution in [0.1, 0.15) is 52.9 Å². The van der Waals surface area contributed by atoms with E-state index in [-0.39, 0.29) is 12.6 Å². The second kappa shape index (κ2) is 8.13. The Bertz CT molecular complexity index is 213. The van der Waals surface area contributed by atoms with E-state index in [4.69, 9.17) is 0 Å². The van der Waals surface area contributed by atoms with Crippen molar-refractivity contribution in [2.24, 2.45) is 5.92 Å². The number of aliphatic hydroxyl groups excluding tert-OH is 1. The SMILES string of the molecule is CC1CCC(N(C)CCC(CO)NC(C)C)CC1. The van der Waals surface area contributed by atoms with Gasteiger partial charge in [0.2, 0.25) is 0 Å². The van der Waals surface area contributed by atoms with Crippen molar-refractivity contribution in [3.8, 4) is 0 Å². The molecule has 0 radical (unpaired) electrons. The molecule has 0 aromatic rings. The third-order valence-corrected chi connectivity index (χ3v) is 4.23. The fourth-order valence-corrected chi connectivity index (χ4v) is 2.92. The second-order valence-electron chi connectivity index (χ2n) is 6.38. The van der Waals surface area contributed by atoms with Gasteiger partial charge in [0.1, 0.15) is 0 Å². The maximum absolute atomic E-state index is 9.35. The molecular formula is C15H32N2O. The van der Waals surface area contributed by atoms with Crippen molar-refractivity contribution in [2.75, 3.05) is 20.2 Å². The molecule has 0 spiro atoms. The molecule has 0 amide bonds. The lowest BCUT2D eigenvalue weighted by atomic mass is 9.86. The topological polar surface area (TPSA) is 35.5 Å². The summed E-state index contributed by atoms with van der Waals surface area (Å²) in [5.41, 5.74) is 0. The van der Waals surface area contributed by atoms with Gasteiger partial charge in [0.25, 0.3) is 0 Å². The Morgan fingerprint density at radius 1 is 1.22 bits per heavy atom. The minimum atomic E-state index is 0.244. The predicted molar refractivity (Wildman–Crippen MR) is 77.8 cm³/mol. The van der Waals surface area contributed by atoms with Crippen LogP contribution in [0.4, 0.5) is 0 Å². The van der Waals surface area contributed by atoms with Gasteiger partial charge in [0.05, 0.1) is 6.61 Å². The van der Waals surface area contributed by atoms with Gasteiger partial charge in [-0.2, -0.15) is 0 Å². The van der Waals surface area contributed by atoms with Gasteiger partial charge in [-0.25, -0.2) is 0 Å². The van der Waals surface area contributed by atoms with Crippen molar-refractivity contribution < 1.29 is 5.11 Å². The van der Waals surface area contributed by atoms with Gasteiger partial charge in [0.15, 0.2) is 0 Å². The summed E-state index contributed by atoms with van der Waals surface area (Å²) < 4.78 is 0. The summed E-state index contributed by atoms with van der Waals surface area (Å²) in [6.07, 6.45) is 6.49. The van der Waals surface area contributed by atoms with Crippen LogP contribution in [0.3, 0.4) is 0 Å². The smallest absolute Gasteiger partial charge is 0.0585 e. The highest BCUT2D eigenvalue weighted by Gasteiger charge is 2.22. The quantitative estimate of drug-likeness (QED) is 0.733. The molecule has 0 heterocycles. The fourth-order valence-electron chi connectivity index (χ4n) is 2.92. The van der Waals surface area contributed by atoms with E-state index in [1.54, 1.807) is 0 Å². The van der Waals surface area contributed by atoms with Crippen LogP contribution in [-0.4, -0.2) is 48.3 Å². The monoisotopic (exact) mass is 256 g/mol. The van der Waals surface area contributed by atoms with Crippen LogP contribution in [0.5, 0.6) is 0 Å². The maximum Gasteiger partial charge on any atom is 0.0585 e. The number of nitrogens with one attached hydrogen (secondary N) is 1. The van der Waals surface area contributed by atoms with E-state index < -0.39 is 0 Å². The molecule has 18 heavy (non-hydrogen) atoms. The third kappa shape index (κ3) is 5.68. The average Bonchev–Trinajstić information content (AvgIpc) is 2.34. The van der Waals surface area contributed by atoms with Crippen molar-refractivity contribution in [2.45, 2.75) is 71.0 Å². The van der Waals surface area contributed by atoms with Gasteiger partial charge in [-0.1, -0.05) is 20.8 Å². The fraction of sp³-hybridized carbons (Fsp3) is 1.00. The Labute approximate surface area is 113 Å². The summed E-state index contributed by atoms with van der Waals surface area (Å²) in [7, 11) is 2.24. The summed E-state index contributed by atoms with van der Waals surface area (Å²) in [5, 5.41) is 12.8. The van der Waals surface area contributed by atoms with Gasteiger partial charge >= 0.3 is 0 Å². The lowest BCUT2D eigenvalue weighted by Gasteiger charge is -2.34. The van der Waals surface area contributed by atoms with E-state index in [1.807, 2.05) is 0 Å². The van der Waals surface area contributed by atoms with E-state index in [1.165, 1.54) is 25.7 Å². The second-order valence-corrected chi connectivity index (χ2v) is 6.38. The molecule has 3 heteroatoms. The van der Waals surface area contributed by atoms with Crippen molar-refractivity contribution >= 4 is 0 Å². The van der Waals surface area contributed by atoms with Crippen LogP contribution in [-0.2, 0) is 0 Å². The summed E-state index contributed by atoms with van der Waals surface area (Å²) in [5.74, 6) is 0.919. The molecule has 1 rings (SSSR count). The van der Waals surface area contributed by atoms with Crippen molar-refractivity contribution in [1.82, 2.24) is 10.2 Å². The largest absolute Gasteiger partial charge is 0.395 e. The van der Waals surface area contributed by atoms with Crippen LogP contribution < -0.4 is 5.32 Å². The van der Waals surface area contributed by atoms with E-state index in [0.29, 0.717) is 6.04 Å². The molecule has 1 saturated carbocycles. The maximum atomic E-state index is 9.35. The minimum absolute atomic E-state index is 0.244. The number of rotatable bonds is 7. The highest BCUT2D eigenvalue weighted by Crippen LogP contribution is 2.26. The third-order valence-electron chi connectivity index (χ3n) is 4.23. The molecule has 1 fully saturated rings. The van der Waals surface area contributed by atoms with Crippen LogP contribution in [0, 0.1) is 5.92 Å². The standard InChI is InChI=1S/C15H32N2O/c1-12(2)16-14(11-18)9-10-17(4)15-7-5-13(3)6-8-15/h12-16,18H,5-11H2,1-4H3. The molecule has 108 valence electrons. The first-order valence-electron chi connectivity index (χ1n) is 7.60. The Kier molecular flexibility index (Phi) is 7.20. The summed E-state index contributed by atoms with van der Waals surface area (Å²) in [6.45, 7) is 7.96. The predicted octanol–water partition coefficient (Wildman–Crippen LogP) is 2.25. The first kappa shape index (κ1) is 15.9. The van der Waals surface area contributed by atoms with Crippen LogP contribution in [0.2, 0.25) is 0 Å². The highest BCUT2D eigenvalue weighted by molar-refractivity contribution is 4.78. The van der Waals surface area contributed by atoms with Gasteiger partial charge in [-0.3, -0.25) is 0 Å². The molecule has 0 aromatic carbocycles. The molecule has 1 atom stereocenters. The van der Waals surface area contributed by atoms with Crippen LogP contribution >= 0.6 is 0 Å². The number of hydrogen-bond donors (Lipinski definition) is 2. The van der Waals surface area contributed by atoms with Crippen molar-refractivity contribution in [3.63, 3.8) is 0 Å². The van der Waals surface area contributed by atoms with Gasteiger partial charge in [0, 0.05) is 18.1 Å². The first-order chi connectivity index (χ1) is 8.52. The normalized spacial score (nSPS) is 26.8. The van der Waals surface area contributed by atoms with Crippen molar-refractivity contribution in [3.05, 3.63) is 0 Å². The Morgan fingerprint density at radius 3 is 2.33 bits per heavy atom. The zero-order valence-corrected chi connectivity index (χ0v) is 12.7. The molecule has 0 saturated heterocycles. The van der Waals surface area contributed by atoms with Crippen LogP contribution in [0.15, 0.2) is 0 Å². The lowest BCUT2D eigenvalue weighted by molar-refractivity contribution is 0.152. The zero-order valence-electron chi connectivity index (χ0n) is 12.7. The average molecular weight is 256 g/mol. The molecule has 0 aliphatic heterocycles. The molecular weight excluding hydrogens is 224 g/mol. The number of aliphatic hydroxyl groups is 1. The van der Waals surface area contributed by atoms with E-state index in [9.17, 15) is 5.11 Å². The molecule has 0 aromatic heterocycles. The molecule has 2 N–H and O–H groups in total. The zero-order chi connectivity index (χ0) is 13.5. The molecule has 1 aliphatic carbocycles. The Hall–Kier alpha value is -0.120. The molecule has 1 aliphatic rings. The number of hydrogen-bond acceptors (Lipinski definition) is 3. The van der Waals surface area contributed by atoms with Gasteiger partial charge < -0.3 is 15.3 Å². The minimum Gasteiger partial charge on any atom is -0.395 e. The van der Waals surface area contributed by atoms with E-state index in [2.05, 4.69) is 38.0 Å². The van der Waals surface area contributed by atoms with Crippen molar-refractivity contribution in [1.29, 1.82) is 0 Å². The van der Waals surface area contributed by atoms with E-state index in [0.717, 1.165) is 24.9 Å². The summed E-state index contributed by atoms with van der Waals surface area (Å²) in [4.78, 5) is 2.50. The lowest BCUT2D eigenvalue weighted by Crippen LogP contribution is -2.42. The molecule has 1 unspecified atom stereocenters. The van der Waals surface area contributed by atoms with Gasteiger partial charge in [-0.05, 0) is 51.6 Å². The molecule has 0 bridgehead atoms. The molecule has 3 nitrogen and oxygen atoms in total. The highest BCUT2D eigenvalue weighted by atomic mass is 16.3. The van der Waals surface area contributed by atoms with Crippen LogP contribution in [0.25, 0.3) is 0 Å². The number of nitrogens with zero attached hydrogens (tertiary/aromatic N) is 1.